The Morgan fingerprint density at radius 1 is 0.714 bits per heavy atom. The number of benzene rings is 2. The van der Waals surface area contributed by atoms with Crippen molar-refractivity contribution in [1.29, 1.82) is 0 Å². The predicted octanol–water partition coefficient (Wildman–Crippen LogP) is 1.17. The second-order valence-electron chi connectivity index (χ2n) is 3.27. The van der Waals surface area contributed by atoms with Crippen LogP contribution < -0.4 is 22.9 Å². The fourth-order valence-electron chi connectivity index (χ4n) is 1.51. The lowest BCUT2D eigenvalue weighted by Crippen LogP contribution is -1.99. The average Bonchev–Trinajstić information content (AvgIpc) is 2.14. The molecule has 0 amide bonds. The topological polar surface area (TPSA) is 104 Å². The first kappa shape index (κ1) is 8.50. The molecule has 14 heavy (non-hydrogen) atoms. The molecule has 0 saturated carbocycles. The summed E-state index contributed by atoms with van der Waals surface area (Å²) in [5.74, 6) is 0. The first-order chi connectivity index (χ1) is 6.59. The summed E-state index contributed by atoms with van der Waals surface area (Å²) in [6.07, 6.45) is 0. The highest BCUT2D eigenvalue weighted by atomic mass is 14.7. The molecule has 0 aliphatic carbocycles. The molecule has 2 aromatic rings. The van der Waals surface area contributed by atoms with Gasteiger partial charge in [-0.15, -0.1) is 0 Å². The van der Waals surface area contributed by atoms with Crippen LogP contribution in [0.3, 0.4) is 0 Å². The fraction of sp³-hybridized carbons (Fsp3) is 0. The summed E-state index contributed by atoms with van der Waals surface area (Å²) in [6, 6.07) is 7.04. The average molecular weight is 188 g/mol. The van der Waals surface area contributed by atoms with Crippen molar-refractivity contribution in [3.8, 4) is 0 Å². The third kappa shape index (κ3) is 1.08. The van der Waals surface area contributed by atoms with Gasteiger partial charge >= 0.3 is 0 Å². The predicted molar refractivity (Wildman–Crippen MR) is 61.6 cm³/mol. The minimum Gasteiger partial charge on any atom is -0.399 e. The number of hydrogen-bond donors (Lipinski definition) is 4. The van der Waals surface area contributed by atoms with E-state index in [1.165, 1.54) is 0 Å². The number of rotatable bonds is 0. The van der Waals surface area contributed by atoms with Gasteiger partial charge in [0.05, 0.1) is 11.4 Å². The molecule has 0 radical (unpaired) electrons. The second-order valence-corrected chi connectivity index (χ2v) is 3.27. The molecule has 0 unspecified atom stereocenters. The zero-order valence-electron chi connectivity index (χ0n) is 7.62. The monoisotopic (exact) mass is 188 g/mol. The normalized spacial score (nSPS) is 10.6. The van der Waals surface area contributed by atoms with Crippen LogP contribution in [0, 0.1) is 0 Å². The molecule has 0 aliphatic heterocycles. The van der Waals surface area contributed by atoms with Gasteiger partial charge in [-0.1, -0.05) is 6.07 Å². The van der Waals surface area contributed by atoms with Crippen molar-refractivity contribution in [1.82, 2.24) is 0 Å². The van der Waals surface area contributed by atoms with E-state index in [0.29, 0.717) is 22.7 Å². The van der Waals surface area contributed by atoms with Gasteiger partial charge in [0.2, 0.25) is 0 Å². The van der Waals surface area contributed by atoms with Crippen LogP contribution in [-0.4, -0.2) is 0 Å². The van der Waals surface area contributed by atoms with Crippen molar-refractivity contribution in [2.75, 3.05) is 22.9 Å². The van der Waals surface area contributed by atoms with Crippen molar-refractivity contribution in [3.63, 3.8) is 0 Å². The SMILES string of the molecule is Nc1ccc2c(N)c(N)cc(N)c2c1. The molecule has 0 fully saturated rings. The summed E-state index contributed by atoms with van der Waals surface area (Å²) < 4.78 is 0. The van der Waals surface area contributed by atoms with Crippen LogP contribution in [0.5, 0.6) is 0 Å². The zero-order chi connectivity index (χ0) is 10.3. The Hall–Kier alpha value is -2.10. The van der Waals surface area contributed by atoms with Gasteiger partial charge in [0.1, 0.15) is 0 Å². The van der Waals surface area contributed by atoms with Crippen LogP contribution in [0.25, 0.3) is 10.8 Å². The van der Waals surface area contributed by atoms with Gasteiger partial charge < -0.3 is 22.9 Å². The summed E-state index contributed by atoms with van der Waals surface area (Å²) in [5.41, 5.74) is 25.3. The lowest BCUT2D eigenvalue weighted by atomic mass is 10.1. The highest BCUT2D eigenvalue weighted by Crippen LogP contribution is 2.32. The number of fused-ring (bicyclic) bond motifs is 1. The number of nitrogens with two attached hydrogens (primary N) is 4. The van der Waals surface area contributed by atoms with Gasteiger partial charge in [-0.25, -0.2) is 0 Å². The van der Waals surface area contributed by atoms with Crippen LogP contribution in [-0.2, 0) is 0 Å². The minimum absolute atomic E-state index is 0.500. The largest absolute Gasteiger partial charge is 0.399 e. The Labute approximate surface area is 81.5 Å². The lowest BCUT2D eigenvalue weighted by Gasteiger charge is -2.08. The molecule has 72 valence electrons. The van der Waals surface area contributed by atoms with E-state index in [2.05, 4.69) is 0 Å². The van der Waals surface area contributed by atoms with Crippen LogP contribution >= 0.6 is 0 Å². The Balaban J connectivity index is 2.94. The lowest BCUT2D eigenvalue weighted by molar-refractivity contribution is 1.68. The van der Waals surface area contributed by atoms with Crippen LogP contribution in [0.15, 0.2) is 24.3 Å². The Morgan fingerprint density at radius 3 is 2.14 bits per heavy atom. The first-order valence-corrected chi connectivity index (χ1v) is 4.22. The van der Waals surface area contributed by atoms with Crippen LogP contribution in [0.1, 0.15) is 0 Å². The van der Waals surface area contributed by atoms with E-state index < -0.39 is 0 Å². The van der Waals surface area contributed by atoms with Gasteiger partial charge in [0.15, 0.2) is 0 Å². The quantitative estimate of drug-likeness (QED) is 0.466. The van der Waals surface area contributed by atoms with Crippen molar-refractivity contribution in [2.45, 2.75) is 0 Å². The number of anilines is 4. The standard InChI is InChI=1S/C10H12N4/c11-5-1-2-6-7(3-5)8(12)4-9(13)10(6)14/h1-4H,11-14H2. The minimum atomic E-state index is 0.500. The van der Waals surface area contributed by atoms with Crippen LogP contribution in [0.4, 0.5) is 22.7 Å². The highest BCUT2D eigenvalue weighted by Gasteiger charge is 2.05. The van der Waals surface area contributed by atoms with E-state index >= 15 is 0 Å². The summed E-state index contributed by atoms with van der Waals surface area (Å²) >= 11 is 0. The molecule has 0 atom stereocenters. The van der Waals surface area contributed by atoms with E-state index in [-0.39, 0.29) is 0 Å². The second kappa shape index (κ2) is 2.70. The maximum absolute atomic E-state index is 5.82. The Morgan fingerprint density at radius 2 is 1.43 bits per heavy atom. The van der Waals surface area contributed by atoms with Crippen molar-refractivity contribution in [3.05, 3.63) is 24.3 Å². The van der Waals surface area contributed by atoms with E-state index in [9.17, 15) is 0 Å². The molecular weight excluding hydrogens is 176 g/mol. The summed E-state index contributed by atoms with van der Waals surface area (Å²) in [4.78, 5) is 0. The van der Waals surface area contributed by atoms with E-state index in [1.807, 2.05) is 6.07 Å². The van der Waals surface area contributed by atoms with Crippen LogP contribution in [0.2, 0.25) is 0 Å². The van der Waals surface area contributed by atoms with Gasteiger partial charge in [-0.3, -0.25) is 0 Å². The first-order valence-electron chi connectivity index (χ1n) is 4.22. The molecule has 0 bridgehead atoms. The van der Waals surface area contributed by atoms with E-state index in [0.717, 1.165) is 10.8 Å². The zero-order valence-corrected chi connectivity index (χ0v) is 7.62. The third-order valence-electron chi connectivity index (χ3n) is 2.27. The molecule has 0 aliphatic rings. The molecule has 8 N–H and O–H groups in total. The molecule has 4 nitrogen and oxygen atoms in total. The molecule has 2 rings (SSSR count). The van der Waals surface area contributed by atoms with E-state index in [1.54, 1.807) is 18.2 Å². The molecule has 2 aromatic carbocycles. The smallest absolute Gasteiger partial charge is 0.0629 e. The summed E-state index contributed by atoms with van der Waals surface area (Å²) in [7, 11) is 0. The maximum atomic E-state index is 5.82. The van der Waals surface area contributed by atoms with Crippen molar-refractivity contribution in [2.24, 2.45) is 0 Å². The third-order valence-corrected chi connectivity index (χ3v) is 2.27. The van der Waals surface area contributed by atoms with E-state index in [4.69, 9.17) is 22.9 Å². The molecular formula is C10H12N4. The Kier molecular flexibility index (Phi) is 1.64. The number of hydrogen-bond acceptors (Lipinski definition) is 4. The summed E-state index contributed by atoms with van der Waals surface area (Å²) in [5, 5.41) is 1.69. The molecule has 0 heterocycles. The van der Waals surface area contributed by atoms with Crippen molar-refractivity contribution < 1.29 is 0 Å². The highest BCUT2D eigenvalue weighted by molar-refractivity contribution is 6.06. The summed E-state index contributed by atoms with van der Waals surface area (Å²) in [6.45, 7) is 0. The molecule has 0 spiro atoms. The fourth-order valence-corrected chi connectivity index (χ4v) is 1.51. The molecule has 0 aromatic heterocycles. The van der Waals surface area contributed by atoms with Gasteiger partial charge in [-0.2, -0.15) is 0 Å². The van der Waals surface area contributed by atoms with Gasteiger partial charge in [0, 0.05) is 22.1 Å². The van der Waals surface area contributed by atoms with Gasteiger partial charge in [-0.05, 0) is 18.2 Å². The number of nitrogen functional groups attached to an aromatic ring is 4. The maximum Gasteiger partial charge on any atom is 0.0629 e. The molecule has 4 heteroatoms. The Bertz CT molecular complexity index is 505. The van der Waals surface area contributed by atoms with Gasteiger partial charge in [0.25, 0.3) is 0 Å². The molecule has 0 saturated heterocycles. The van der Waals surface area contributed by atoms with Crippen molar-refractivity contribution >= 4 is 33.5 Å².